The van der Waals surface area contributed by atoms with E-state index in [1.54, 1.807) is 27.6 Å². The summed E-state index contributed by atoms with van der Waals surface area (Å²) in [5.41, 5.74) is 2.54. The Labute approximate surface area is 200 Å². The number of anilines is 1. The maximum atomic E-state index is 13.5. The van der Waals surface area contributed by atoms with E-state index in [4.69, 9.17) is 4.42 Å². The maximum absolute atomic E-state index is 13.5. The van der Waals surface area contributed by atoms with Gasteiger partial charge in [0, 0.05) is 49.8 Å². The molecule has 0 N–H and O–H groups in total. The Hall–Kier alpha value is -3.86. The number of rotatable bonds is 6. The summed E-state index contributed by atoms with van der Waals surface area (Å²) in [5, 5.41) is 7.08. The highest BCUT2D eigenvalue weighted by atomic mass is 19.3. The quantitative estimate of drug-likeness (QED) is 0.413. The molecule has 0 saturated carbocycles. The Morgan fingerprint density at radius 2 is 1.89 bits per heavy atom. The van der Waals surface area contributed by atoms with E-state index in [0.29, 0.717) is 30.0 Å². The SMILES string of the molecule is CCN1CCN(C(=O)N(Cc2cn3ccc(-c4nnc(C(F)F)o4)cc3n2)c2ccccc2)CC1. The van der Waals surface area contributed by atoms with Crippen LogP contribution in [0.3, 0.4) is 0 Å². The van der Waals surface area contributed by atoms with Gasteiger partial charge in [-0.25, -0.2) is 9.78 Å². The van der Waals surface area contributed by atoms with Gasteiger partial charge in [-0.05, 0) is 30.8 Å². The van der Waals surface area contributed by atoms with Gasteiger partial charge in [0.25, 0.3) is 5.89 Å². The van der Waals surface area contributed by atoms with Crippen molar-refractivity contribution in [3.05, 3.63) is 66.4 Å². The molecule has 11 heteroatoms. The number of urea groups is 1. The first-order chi connectivity index (χ1) is 17.0. The van der Waals surface area contributed by atoms with Crippen LogP contribution in [-0.2, 0) is 6.54 Å². The standard InChI is InChI=1S/C24H25F2N7O2/c1-2-30-10-12-31(13-11-30)24(34)33(19-6-4-3-5-7-19)16-18-15-32-9-8-17(14-20(32)27-18)22-28-29-23(35-22)21(25)26/h3-9,14-15,21H,2,10-13,16H2,1H3. The van der Waals surface area contributed by atoms with E-state index >= 15 is 0 Å². The number of halogens is 2. The first kappa shape index (κ1) is 22.9. The molecular formula is C24H25F2N7O2. The molecule has 1 aromatic carbocycles. The topological polar surface area (TPSA) is 83.0 Å². The van der Waals surface area contributed by atoms with Gasteiger partial charge < -0.3 is 18.6 Å². The van der Waals surface area contributed by atoms with Gasteiger partial charge >= 0.3 is 12.5 Å². The summed E-state index contributed by atoms with van der Waals surface area (Å²) in [4.78, 5) is 24.1. The molecule has 3 aromatic heterocycles. The van der Waals surface area contributed by atoms with E-state index in [2.05, 4.69) is 27.0 Å². The summed E-state index contributed by atoms with van der Waals surface area (Å²) in [6.07, 6.45) is 0.756. The lowest BCUT2D eigenvalue weighted by molar-refractivity contribution is 0.116. The van der Waals surface area contributed by atoms with Gasteiger partial charge in [-0.3, -0.25) is 4.90 Å². The molecule has 182 valence electrons. The Balaban J connectivity index is 1.40. The molecule has 0 atom stereocenters. The summed E-state index contributed by atoms with van der Waals surface area (Å²) in [6.45, 7) is 6.43. The lowest BCUT2D eigenvalue weighted by Gasteiger charge is -2.37. The molecule has 35 heavy (non-hydrogen) atoms. The smallest absolute Gasteiger partial charge is 0.324 e. The summed E-state index contributed by atoms with van der Waals surface area (Å²) in [5.74, 6) is -0.722. The van der Waals surface area contributed by atoms with Crippen LogP contribution >= 0.6 is 0 Å². The zero-order valence-corrected chi connectivity index (χ0v) is 19.2. The van der Waals surface area contributed by atoms with Gasteiger partial charge in [0.2, 0.25) is 5.89 Å². The Kier molecular flexibility index (Phi) is 6.41. The van der Waals surface area contributed by atoms with Crippen molar-refractivity contribution in [1.29, 1.82) is 0 Å². The molecule has 1 aliphatic rings. The van der Waals surface area contributed by atoms with Gasteiger partial charge in [-0.15, -0.1) is 10.2 Å². The Morgan fingerprint density at radius 3 is 2.57 bits per heavy atom. The summed E-state index contributed by atoms with van der Waals surface area (Å²) < 4.78 is 32.5. The van der Waals surface area contributed by atoms with Crippen LogP contribution in [0, 0.1) is 0 Å². The molecule has 5 rings (SSSR count). The minimum absolute atomic E-state index is 0.000313. The third-order valence-electron chi connectivity index (χ3n) is 6.09. The van der Waals surface area contributed by atoms with Gasteiger partial charge in [0.1, 0.15) is 5.65 Å². The molecule has 9 nitrogen and oxygen atoms in total. The number of hydrogen-bond acceptors (Lipinski definition) is 6. The number of aromatic nitrogens is 4. The van der Waals surface area contributed by atoms with Crippen molar-refractivity contribution < 1.29 is 18.0 Å². The molecule has 1 saturated heterocycles. The van der Waals surface area contributed by atoms with Crippen LogP contribution in [0.2, 0.25) is 0 Å². The van der Waals surface area contributed by atoms with Crippen molar-refractivity contribution in [3.63, 3.8) is 0 Å². The number of pyridine rings is 1. The van der Waals surface area contributed by atoms with Crippen LogP contribution in [-0.4, -0.2) is 68.1 Å². The van der Waals surface area contributed by atoms with Crippen molar-refractivity contribution >= 4 is 17.4 Å². The van der Waals surface area contributed by atoms with Gasteiger partial charge in [0.15, 0.2) is 0 Å². The van der Waals surface area contributed by atoms with Gasteiger partial charge in [-0.2, -0.15) is 8.78 Å². The first-order valence-electron chi connectivity index (χ1n) is 11.4. The largest absolute Gasteiger partial charge is 0.415 e. The van der Waals surface area contributed by atoms with Crippen molar-refractivity contribution in [1.82, 2.24) is 29.4 Å². The predicted octanol–water partition coefficient (Wildman–Crippen LogP) is 4.09. The minimum atomic E-state index is -2.83. The number of likely N-dealkylation sites (N-methyl/N-ethyl adjacent to an activating group) is 1. The van der Waals surface area contributed by atoms with E-state index in [0.717, 1.165) is 25.3 Å². The monoisotopic (exact) mass is 481 g/mol. The zero-order valence-electron chi connectivity index (χ0n) is 19.2. The molecule has 1 fully saturated rings. The second-order valence-corrected chi connectivity index (χ2v) is 8.28. The summed E-state index contributed by atoms with van der Waals surface area (Å²) in [6, 6.07) is 12.8. The third-order valence-corrected chi connectivity index (χ3v) is 6.09. The molecule has 2 amide bonds. The van der Waals surface area contributed by atoms with Crippen molar-refractivity contribution in [3.8, 4) is 11.5 Å². The summed E-state index contributed by atoms with van der Waals surface area (Å²) >= 11 is 0. The Morgan fingerprint density at radius 1 is 1.11 bits per heavy atom. The van der Waals surface area contributed by atoms with Crippen LogP contribution in [0.5, 0.6) is 0 Å². The van der Waals surface area contributed by atoms with E-state index in [9.17, 15) is 13.6 Å². The predicted molar refractivity (Wildman–Crippen MR) is 125 cm³/mol. The number of imidazole rings is 1. The Bertz CT molecular complexity index is 1300. The number of para-hydroxylation sites is 1. The molecule has 0 bridgehead atoms. The normalized spacial score (nSPS) is 14.7. The number of nitrogens with zero attached hydrogens (tertiary/aromatic N) is 7. The minimum Gasteiger partial charge on any atom is -0.415 e. The molecule has 0 unspecified atom stereocenters. The van der Waals surface area contributed by atoms with Crippen molar-refractivity contribution in [2.45, 2.75) is 19.9 Å². The average Bonchev–Trinajstić information content (AvgIpc) is 3.54. The molecule has 4 aromatic rings. The number of carbonyl (C=O) groups is 1. The fourth-order valence-electron chi connectivity index (χ4n) is 4.15. The summed E-state index contributed by atoms with van der Waals surface area (Å²) in [7, 11) is 0. The molecule has 0 radical (unpaired) electrons. The van der Waals surface area contributed by atoms with E-state index < -0.39 is 12.3 Å². The van der Waals surface area contributed by atoms with Crippen LogP contribution < -0.4 is 4.90 Å². The maximum Gasteiger partial charge on any atom is 0.324 e. The second-order valence-electron chi connectivity index (χ2n) is 8.28. The van der Waals surface area contributed by atoms with E-state index in [-0.39, 0.29) is 18.5 Å². The average molecular weight is 482 g/mol. The van der Waals surface area contributed by atoms with Gasteiger partial charge in [-0.1, -0.05) is 25.1 Å². The van der Waals surface area contributed by atoms with Crippen LogP contribution in [0.25, 0.3) is 17.1 Å². The highest BCUT2D eigenvalue weighted by molar-refractivity contribution is 5.92. The molecule has 0 aliphatic carbocycles. The number of amides is 2. The van der Waals surface area contributed by atoms with Crippen molar-refractivity contribution in [2.24, 2.45) is 0 Å². The van der Waals surface area contributed by atoms with E-state index in [1.165, 1.54) is 0 Å². The molecule has 1 aliphatic heterocycles. The lowest BCUT2D eigenvalue weighted by atomic mass is 10.2. The van der Waals surface area contributed by atoms with Crippen LogP contribution in [0.15, 0.2) is 59.3 Å². The van der Waals surface area contributed by atoms with Gasteiger partial charge in [0.05, 0.1) is 12.2 Å². The lowest BCUT2D eigenvalue weighted by Crippen LogP contribution is -2.52. The molecular weight excluding hydrogens is 456 g/mol. The van der Waals surface area contributed by atoms with E-state index in [1.807, 2.05) is 41.4 Å². The highest BCUT2D eigenvalue weighted by Crippen LogP contribution is 2.25. The number of benzene rings is 1. The number of carbonyl (C=O) groups excluding carboxylic acids is 1. The number of fused-ring (bicyclic) bond motifs is 1. The van der Waals surface area contributed by atoms with Crippen molar-refractivity contribution in [2.75, 3.05) is 37.6 Å². The molecule has 0 spiro atoms. The van der Waals surface area contributed by atoms with Crippen LogP contribution in [0.1, 0.15) is 24.9 Å². The first-order valence-corrected chi connectivity index (χ1v) is 11.4. The molecule has 4 heterocycles. The fourth-order valence-corrected chi connectivity index (χ4v) is 4.15. The number of hydrogen-bond donors (Lipinski definition) is 0. The third kappa shape index (κ3) is 4.85. The van der Waals surface area contributed by atoms with Crippen LogP contribution in [0.4, 0.5) is 19.3 Å². The fraction of sp³-hybridized carbons (Fsp3) is 0.333. The highest BCUT2D eigenvalue weighted by Gasteiger charge is 2.26. The number of piperazine rings is 1. The number of alkyl halides is 2. The second kappa shape index (κ2) is 9.79. The zero-order chi connectivity index (χ0) is 24.4.